The van der Waals surface area contributed by atoms with Gasteiger partial charge in [0.25, 0.3) is 5.56 Å². The van der Waals surface area contributed by atoms with Gasteiger partial charge in [0.1, 0.15) is 23.7 Å². The zero-order valence-electron chi connectivity index (χ0n) is 17.4. The predicted molar refractivity (Wildman–Crippen MR) is 124 cm³/mol. The molecular formula is C23H19N7O3. The fourth-order valence-electron chi connectivity index (χ4n) is 3.13. The molecule has 3 heterocycles. The SMILES string of the molecule is C=CC(=O)Nc1cccc(Nc2cnc3[nH]cc(-c4cc(OCCC#N)cc(=O)[nH]4)c3n2)c1. The maximum atomic E-state index is 12.1. The van der Waals surface area contributed by atoms with Crippen molar-refractivity contribution in [1.29, 1.82) is 5.26 Å². The van der Waals surface area contributed by atoms with Crippen molar-refractivity contribution in [2.45, 2.75) is 6.42 Å². The second-order valence-corrected chi connectivity index (χ2v) is 6.90. The summed E-state index contributed by atoms with van der Waals surface area (Å²) in [6.07, 6.45) is 4.68. The zero-order valence-corrected chi connectivity index (χ0v) is 17.4. The number of fused-ring (bicyclic) bond motifs is 1. The van der Waals surface area contributed by atoms with Gasteiger partial charge in [-0.25, -0.2) is 9.97 Å². The number of benzene rings is 1. The Hall–Kier alpha value is -4.91. The zero-order chi connectivity index (χ0) is 23.2. The minimum Gasteiger partial charge on any atom is -0.492 e. The summed E-state index contributed by atoms with van der Waals surface area (Å²) >= 11 is 0. The summed E-state index contributed by atoms with van der Waals surface area (Å²) in [6, 6.07) is 12.1. The molecule has 0 spiro atoms. The monoisotopic (exact) mass is 441 g/mol. The van der Waals surface area contributed by atoms with E-state index in [1.807, 2.05) is 12.1 Å². The van der Waals surface area contributed by atoms with E-state index in [4.69, 9.17) is 10.00 Å². The normalized spacial score (nSPS) is 10.4. The van der Waals surface area contributed by atoms with E-state index in [9.17, 15) is 9.59 Å². The van der Waals surface area contributed by atoms with Crippen LogP contribution in [0.3, 0.4) is 0 Å². The number of pyridine rings is 1. The number of rotatable bonds is 8. The van der Waals surface area contributed by atoms with Crippen molar-refractivity contribution in [3.8, 4) is 23.1 Å². The maximum Gasteiger partial charge on any atom is 0.252 e. The molecule has 10 heteroatoms. The first-order valence-electron chi connectivity index (χ1n) is 9.95. The van der Waals surface area contributed by atoms with Gasteiger partial charge in [-0.1, -0.05) is 12.6 Å². The van der Waals surface area contributed by atoms with Crippen LogP contribution in [0, 0.1) is 11.3 Å². The summed E-state index contributed by atoms with van der Waals surface area (Å²) in [5.41, 5.74) is 3.18. The number of carbonyl (C=O) groups excluding carboxylic acids is 1. The first kappa shape index (κ1) is 21.3. The van der Waals surface area contributed by atoms with Gasteiger partial charge >= 0.3 is 0 Å². The molecule has 164 valence electrons. The van der Waals surface area contributed by atoms with E-state index in [2.05, 4.69) is 37.1 Å². The van der Waals surface area contributed by atoms with Crippen LogP contribution >= 0.6 is 0 Å². The molecule has 1 amide bonds. The van der Waals surface area contributed by atoms with Gasteiger partial charge in [0.15, 0.2) is 5.65 Å². The molecule has 4 aromatic rings. The van der Waals surface area contributed by atoms with E-state index >= 15 is 0 Å². The standard InChI is InChI=1S/C23H19N7O3/c1-2-20(31)28-15-6-3-5-14(9-15)27-19-13-26-23-22(30-19)17(12-25-23)18-10-16(11-21(32)29-18)33-8-4-7-24/h2-3,5-6,9-13H,1,4,8H2,(H,25,26)(H,27,30)(H,28,31)(H,29,32). The Kier molecular flexibility index (Phi) is 6.13. The maximum absolute atomic E-state index is 12.1. The van der Waals surface area contributed by atoms with Crippen molar-refractivity contribution >= 4 is 34.3 Å². The number of amides is 1. The summed E-state index contributed by atoms with van der Waals surface area (Å²) < 4.78 is 5.49. The van der Waals surface area contributed by atoms with Crippen molar-refractivity contribution in [3.63, 3.8) is 0 Å². The summed E-state index contributed by atoms with van der Waals surface area (Å²) in [6.45, 7) is 3.63. The molecule has 0 aliphatic carbocycles. The number of carbonyl (C=O) groups is 1. The predicted octanol–water partition coefficient (Wildman–Crippen LogP) is 3.47. The average molecular weight is 441 g/mol. The van der Waals surface area contributed by atoms with Crippen molar-refractivity contribution in [3.05, 3.63) is 71.8 Å². The number of aromatic amines is 2. The van der Waals surface area contributed by atoms with Crippen LogP contribution in [0.2, 0.25) is 0 Å². The molecule has 0 aliphatic rings. The number of hydrogen-bond acceptors (Lipinski definition) is 7. The summed E-state index contributed by atoms with van der Waals surface area (Å²) in [7, 11) is 0. The minimum absolute atomic E-state index is 0.188. The lowest BCUT2D eigenvalue weighted by Gasteiger charge is -2.09. The Morgan fingerprint density at radius 3 is 2.94 bits per heavy atom. The van der Waals surface area contributed by atoms with Gasteiger partial charge < -0.3 is 25.3 Å². The van der Waals surface area contributed by atoms with Crippen molar-refractivity contribution in [1.82, 2.24) is 19.9 Å². The number of hydrogen-bond donors (Lipinski definition) is 4. The number of nitrogens with zero attached hydrogens (tertiary/aromatic N) is 3. The lowest BCUT2D eigenvalue weighted by atomic mass is 10.2. The van der Waals surface area contributed by atoms with Crippen LogP contribution < -0.4 is 20.9 Å². The highest BCUT2D eigenvalue weighted by Crippen LogP contribution is 2.28. The van der Waals surface area contributed by atoms with E-state index in [1.165, 1.54) is 12.1 Å². The molecule has 3 aromatic heterocycles. The van der Waals surface area contributed by atoms with Gasteiger partial charge in [-0.15, -0.1) is 0 Å². The van der Waals surface area contributed by atoms with Crippen LogP contribution in [0.15, 0.2) is 66.2 Å². The molecule has 10 nitrogen and oxygen atoms in total. The summed E-state index contributed by atoms with van der Waals surface area (Å²) in [4.78, 5) is 38.5. The van der Waals surface area contributed by atoms with Crippen LogP contribution in [0.1, 0.15) is 6.42 Å². The quantitative estimate of drug-likeness (QED) is 0.242. The molecular weight excluding hydrogens is 422 g/mol. The van der Waals surface area contributed by atoms with Crippen molar-refractivity contribution in [2.24, 2.45) is 0 Å². The number of anilines is 3. The molecule has 0 saturated heterocycles. The molecule has 0 unspecified atom stereocenters. The van der Waals surface area contributed by atoms with Gasteiger partial charge in [0.05, 0.1) is 24.4 Å². The van der Waals surface area contributed by atoms with Gasteiger partial charge in [-0.3, -0.25) is 9.59 Å². The van der Waals surface area contributed by atoms with E-state index < -0.39 is 0 Å². The molecule has 0 radical (unpaired) electrons. The second-order valence-electron chi connectivity index (χ2n) is 6.90. The third kappa shape index (κ3) is 5.05. The van der Waals surface area contributed by atoms with E-state index in [0.717, 1.165) is 0 Å². The Morgan fingerprint density at radius 1 is 1.27 bits per heavy atom. The van der Waals surface area contributed by atoms with Crippen LogP contribution in [0.5, 0.6) is 5.75 Å². The van der Waals surface area contributed by atoms with Gasteiger partial charge in [0.2, 0.25) is 5.91 Å². The third-order valence-corrected chi connectivity index (χ3v) is 4.56. The lowest BCUT2D eigenvalue weighted by molar-refractivity contribution is -0.111. The molecule has 1 aromatic carbocycles. The van der Waals surface area contributed by atoms with Gasteiger partial charge in [-0.05, 0) is 24.3 Å². The number of nitrogens with one attached hydrogen (secondary N) is 4. The van der Waals surface area contributed by atoms with E-state index in [1.54, 1.807) is 36.7 Å². The number of ether oxygens (including phenoxy) is 1. The highest BCUT2D eigenvalue weighted by atomic mass is 16.5. The first-order chi connectivity index (χ1) is 16.1. The topological polar surface area (TPSA) is 149 Å². The molecule has 0 bridgehead atoms. The molecule has 0 saturated carbocycles. The van der Waals surface area contributed by atoms with Crippen LogP contribution in [-0.2, 0) is 4.79 Å². The van der Waals surface area contributed by atoms with Gasteiger partial charge in [0, 0.05) is 35.3 Å². The Balaban J connectivity index is 1.63. The van der Waals surface area contributed by atoms with Crippen LogP contribution in [0.4, 0.5) is 17.2 Å². The van der Waals surface area contributed by atoms with Crippen molar-refractivity contribution in [2.75, 3.05) is 17.2 Å². The highest BCUT2D eigenvalue weighted by molar-refractivity contribution is 5.99. The molecule has 33 heavy (non-hydrogen) atoms. The van der Waals surface area contributed by atoms with E-state index in [-0.39, 0.29) is 24.5 Å². The Morgan fingerprint density at radius 2 is 2.12 bits per heavy atom. The molecule has 4 N–H and O–H groups in total. The average Bonchev–Trinajstić information content (AvgIpc) is 3.22. The number of aromatic nitrogens is 4. The Bertz CT molecular complexity index is 1430. The van der Waals surface area contributed by atoms with Crippen LogP contribution in [0.25, 0.3) is 22.4 Å². The molecule has 0 aliphatic heterocycles. The smallest absolute Gasteiger partial charge is 0.252 e. The summed E-state index contributed by atoms with van der Waals surface area (Å²) in [5.74, 6) is 0.524. The lowest BCUT2D eigenvalue weighted by Crippen LogP contribution is -2.07. The highest BCUT2D eigenvalue weighted by Gasteiger charge is 2.12. The minimum atomic E-state index is -0.338. The molecule has 4 rings (SSSR count). The van der Waals surface area contributed by atoms with Gasteiger partial charge in [-0.2, -0.15) is 5.26 Å². The fraction of sp³-hybridized carbons (Fsp3) is 0.0870. The fourth-order valence-corrected chi connectivity index (χ4v) is 3.13. The van der Waals surface area contributed by atoms with Crippen molar-refractivity contribution < 1.29 is 9.53 Å². The van der Waals surface area contributed by atoms with E-state index in [0.29, 0.717) is 45.4 Å². The second kappa shape index (κ2) is 9.49. The number of nitriles is 1. The third-order valence-electron chi connectivity index (χ3n) is 4.56. The van der Waals surface area contributed by atoms with Crippen LogP contribution in [-0.4, -0.2) is 32.4 Å². The Labute approximate surface area is 188 Å². The molecule has 0 atom stereocenters. The first-order valence-corrected chi connectivity index (χ1v) is 9.95. The summed E-state index contributed by atoms with van der Waals surface area (Å²) in [5, 5.41) is 14.5. The largest absolute Gasteiger partial charge is 0.492 e. The number of H-pyrrole nitrogens is 2. The molecule has 0 fully saturated rings.